The Balaban J connectivity index is 3.06. The van der Waals surface area contributed by atoms with Crippen LogP contribution in [0.4, 0.5) is 11.4 Å². The average Bonchev–Trinajstić information content (AvgIpc) is 2.54. The summed E-state index contributed by atoms with van der Waals surface area (Å²) in [5.41, 5.74) is 1.23. The number of carbonyl (C=O) groups is 1. The molecule has 0 aliphatic carbocycles. The Kier molecular flexibility index (Phi) is 8.70. The van der Waals surface area contributed by atoms with Crippen molar-refractivity contribution in [3.63, 3.8) is 0 Å². The van der Waals surface area contributed by atoms with E-state index in [0.717, 1.165) is 31.1 Å². The second-order valence-electron chi connectivity index (χ2n) is 5.68. The predicted octanol–water partition coefficient (Wildman–Crippen LogP) is 1.41. The number of primary sulfonamides is 1. The SMILES string of the molecule is CCN(CC)c1ccc(S(N)(=O)=O)cc1NC(=O)CN(C)CCSC. The largest absolute Gasteiger partial charge is 0.370 e. The van der Waals surface area contributed by atoms with Crippen molar-refractivity contribution in [2.24, 2.45) is 5.14 Å². The predicted molar refractivity (Wildman–Crippen MR) is 106 cm³/mol. The highest BCUT2D eigenvalue weighted by Gasteiger charge is 2.16. The number of benzene rings is 1. The number of carbonyl (C=O) groups excluding carboxylic acids is 1. The summed E-state index contributed by atoms with van der Waals surface area (Å²) in [6.45, 7) is 6.51. The van der Waals surface area contributed by atoms with Crippen LogP contribution in [-0.4, -0.2) is 64.5 Å². The van der Waals surface area contributed by atoms with E-state index in [4.69, 9.17) is 5.14 Å². The minimum absolute atomic E-state index is 0.0190. The molecule has 1 amide bonds. The van der Waals surface area contributed by atoms with Gasteiger partial charge in [0, 0.05) is 25.4 Å². The summed E-state index contributed by atoms with van der Waals surface area (Å²) in [5.74, 6) is 0.749. The molecule has 0 saturated carbocycles. The molecule has 0 aliphatic rings. The third-order valence-electron chi connectivity index (χ3n) is 3.77. The van der Waals surface area contributed by atoms with Gasteiger partial charge in [0.1, 0.15) is 0 Å². The fourth-order valence-electron chi connectivity index (χ4n) is 2.39. The Morgan fingerprint density at radius 1 is 1.28 bits per heavy atom. The highest BCUT2D eigenvalue weighted by atomic mass is 32.2. The van der Waals surface area contributed by atoms with Gasteiger partial charge in [-0.15, -0.1) is 0 Å². The van der Waals surface area contributed by atoms with Crippen LogP contribution < -0.4 is 15.4 Å². The summed E-state index contributed by atoms with van der Waals surface area (Å²) < 4.78 is 23.3. The number of likely N-dealkylation sites (N-methyl/N-ethyl adjacent to an activating group) is 1. The van der Waals surface area contributed by atoms with Crippen LogP contribution in [0, 0.1) is 0 Å². The number of hydrogen-bond donors (Lipinski definition) is 2. The van der Waals surface area contributed by atoms with Crippen LogP contribution >= 0.6 is 11.8 Å². The standard InChI is InChI=1S/C16H28N4O3S2/c1-5-20(6-2)15-8-7-13(25(17,22)23)11-14(15)18-16(21)12-19(3)9-10-24-4/h7-8,11H,5-6,9-10,12H2,1-4H3,(H,18,21)(H2,17,22,23). The molecule has 1 aromatic rings. The molecule has 0 heterocycles. The van der Waals surface area contributed by atoms with Crippen LogP contribution in [0.15, 0.2) is 23.1 Å². The second kappa shape index (κ2) is 10.0. The molecule has 9 heteroatoms. The zero-order valence-corrected chi connectivity index (χ0v) is 16.9. The first-order chi connectivity index (χ1) is 11.7. The van der Waals surface area contributed by atoms with Crippen molar-refractivity contribution in [3.05, 3.63) is 18.2 Å². The van der Waals surface area contributed by atoms with Gasteiger partial charge in [0.05, 0.1) is 22.8 Å². The lowest BCUT2D eigenvalue weighted by atomic mass is 10.2. The van der Waals surface area contributed by atoms with Crippen molar-refractivity contribution in [3.8, 4) is 0 Å². The average molecular weight is 389 g/mol. The summed E-state index contributed by atoms with van der Waals surface area (Å²) in [4.78, 5) is 16.3. The zero-order valence-electron chi connectivity index (χ0n) is 15.3. The van der Waals surface area contributed by atoms with E-state index in [-0.39, 0.29) is 17.3 Å². The van der Waals surface area contributed by atoms with Gasteiger partial charge in [0.25, 0.3) is 0 Å². The van der Waals surface area contributed by atoms with Crippen molar-refractivity contribution >= 4 is 39.1 Å². The first kappa shape index (κ1) is 21.8. The van der Waals surface area contributed by atoms with Crippen molar-refractivity contribution in [2.45, 2.75) is 18.7 Å². The highest BCUT2D eigenvalue weighted by molar-refractivity contribution is 7.98. The Morgan fingerprint density at radius 3 is 2.44 bits per heavy atom. The Hall–Kier alpha value is -1.29. The number of amides is 1. The molecular formula is C16H28N4O3S2. The molecule has 0 unspecified atom stereocenters. The Bertz CT molecular complexity index is 676. The lowest BCUT2D eigenvalue weighted by Gasteiger charge is -2.25. The number of thioether (sulfide) groups is 1. The van der Waals surface area contributed by atoms with E-state index in [9.17, 15) is 13.2 Å². The smallest absolute Gasteiger partial charge is 0.238 e. The number of nitrogens with two attached hydrogens (primary N) is 1. The summed E-state index contributed by atoms with van der Waals surface area (Å²) in [7, 11) is -1.96. The lowest BCUT2D eigenvalue weighted by molar-refractivity contribution is -0.117. The number of sulfonamides is 1. The van der Waals surface area contributed by atoms with Crippen molar-refractivity contribution in [1.82, 2.24) is 4.90 Å². The molecule has 0 radical (unpaired) electrons. The van der Waals surface area contributed by atoms with Gasteiger partial charge in [0.15, 0.2) is 0 Å². The number of anilines is 2. The maximum absolute atomic E-state index is 12.3. The maximum atomic E-state index is 12.3. The van der Waals surface area contributed by atoms with Crippen LogP contribution in [0.3, 0.4) is 0 Å². The minimum atomic E-state index is -3.84. The van der Waals surface area contributed by atoms with Gasteiger partial charge < -0.3 is 10.2 Å². The summed E-state index contributed by atoms with van der Waals surface area (Å²) in [6, 6.07) is 4.56. The van der Waals surface area contributed by atoms with Crippen LogP contribution in [0.1, 0.15) is 13.8 Å². The fraction of sp³-hybridized carbons (Fsp3) is 0.562. The molecular weight excluding hydrogens is 360 g/mol. The number of nitrogens with zero attached hydrogens (tertiary/aromatic N) is 2. The first-order valence-electron chi connectivity index (χ1n) is 8.12. The Labute approximate surface area is 155 Å². The van der Waals surface area contributed by atoms with Crippen LogP contribution in [0.2, 0.25) is 0 Å². The molecule has 0 aliphatic heterocycles. The number of nitrogens with one attached hydrogen (secondary N) is 1. The molecule has 25 heavy (non-hydrogen) atoms. The van der Waals surface area contributed by atoms with Crippen LogP contribution in [-0.2, 0) is 14.8 Å². The maximum Gasteiger partial charge on any atom is 0.238 e. The number of rotatable bonds is 10. The van der Waals surface area contributed by atoms with Crippen LogP contribution in [0.5, 0.6) is 0 Å². The van der Waals surface area contributed by atoms with Gasteiger partial charge in [-0.05, 0) is 45.4 Å². The lowest BCUT2D eigenvalue weighted by Crippen LogP contribution is -2.32. The molecule has 142 valence electrons. The topological polar surface area (TPSA) is 95.7 Å². The van der Waals surface area contributed by atoms with Gasteiger partial charge in [-0.3, -0.25) is 9.69 Å². The molecule has 1 rings (SSSR count). The molecule has 1 aromatic carbocycles. The van der Waals surface area contributed by atoms with Gasteiger partial charge in [-0.2, -0.15) is 11.8 Å². The first-order valence-corrected chi connectivity index (χ1v) is 11.1. The molecule has 7 nitrogen and oxygen atoms in total. The van der Waals surface area contributed by atoms with Gasteiger partial charge in [0.2, 0.25) is 15.9 Å². The van der Waals surface area contributed by atoms with E-state index in [0.29, 0.717) is 5.69 Å². The normalized spacial score (nSPS) is 11.6. The van der Waals surface area contributed by atoms with Gasteiger partial charge >= 0.3 is 0 Å². The second-order valence-corrected chi connectivity index (χ2v) is 8.22. The van der Waals surface area contributed by atoms with Crippen molar-refractivity contribution in [1.29, 1.82) is 0 Å². The van der Waals surface area contributed by atoms with E-state index in [1.807, 2.05) is 37.0 Å². The highest BCUT2D eigenvalue weighted by Crippen LogP contribution is 2.28. The quantitative estimate of drug-likeness (QED) is 0.629. The van der Waals surface area contributed by atoms with E-state index >= 15 is 0 Å². The molecule has 0 aromatic heterocycles. The van der Waals surface area contributed by atoms with E-state index < -0.39 is 10.0 Å². The van der Waals surface area contributed by atoms with E-state index in [1.54, 1.807) is 17.8 Å². The van der Waals surface area contributed by atoms with Gasteiger partial charge in [-0.1, -0.05) is 0 Å². The zero-order chi connectivity index (χ0) is 19.0. The third kappa shape index (κ3) is 6.85. The molecule has 0 saturated heterocycles. The summed E-state index contributed by atoms with van der Waals surface area (Å²) in [6.07, 6.45) is 2.02. The third-order valence-corrected chi connectivity index (χ3v) is 5.27. The van der Waals surface area contributed by atoms with Gasteiger partial charge in [-0.25, -0.2) is 13.6 Å². The summed E-state index contributed by atoms with van der Waals surface area (Å²) in [5, 5.41) is 8.05. The van der Waals surface area contributed by atoms with E-state index in [2.05, 4.69) is 5.32 Å². The molecule has 0 fully saturated rings. The van der Waals surface area contributed by atoms with E-state index in [1.165, 1.54) is 12.1 Å². The summed E-state index contributed by atoms with van der Waals surface area (Å²) >= 11 is 1.72. The van der Waals surface area contributed by atoms with Crippen molar-refractivity contribution < 1.29 is 13.2 Å². The molecule has 0 atom stereocenters. The fourth-order valence-corrected chi connectivity index (χ4v) is 3.43. The van der Waals surface area contributed by atoms with Crippen molar-refractivity contribution in [2.75, 3.05) is 55.5 Å². The molecule has 0 bridgehead atoms. The van der Waals surface area contributed by atoms with Crippen LogP contribution in [0.25, 0.3) is 0 Å². The monoisotopic (exact) mass is 388 g/mol. The molecule has 3 N–H and O–H groups in total. The number of hydrogen-bond acceptors (Lipinski definition) is 6. The Morgan fingerprint density at radius 2 is 1.92 bits per heavy atom. The minimum Gasteiger partial charge on any atom is -0.370 e. The molecule has 0 spiro atoms.